The monoisotopic (exact) mass is 484 g/mol. The van der Waals surface area contributed by atoms with Gasteiger partial charge in [0.15, 0.2) is 0 Å². The van der Waals surface area contributed by atoms with Crippen LogP contribution in [0.1, 0.15) is 0 Å². The summed E-state index contributed by atoms with van der Waals surface area (Å²) < 4.78 is 0. The van der Waals surface area contributed by atoms with Crippen LogP contribution in [0.3, 0.4) is 0 Å². The first-order chi connectivity index (χ1) is 19.9. The molecular weight excluding hydrogens is 476 g/mol. The summed E-state index contributed by atoms with van der Waals surface area (Å²) in [7, 11) is 145. The molecular formula is B44-. The average Bonchev–Trinajstić information content (AvgIpc) is 2.80. The summed E-state index contributed by atoms with van der Waals surface area (Å²) in [5.41, 5.74) is 0. The van der Waals surface area contributed by atoms with Crippen LogP contribution >= 0.6 is 0 Å². The molecule has 0 atom stereocenters. The van der Waals surface area contributed by atoms with E-state index in [1.54, 1.807) is 0 Å². The van der Waals surface area contributed by atoms with Crippen LogP contribution < -0.4 is 0 Å². The van der Waals surface area contributed by atoms with Crippen molar-refractivity contribution in [1.82, 2.24) is 0 Å². The molecule has 44 heavy (non-hydrogen) atoms. The van der Waals surface area contributed by atoms with Crippen LogP contribution in [0.15, 0.2) is 0 Å². The second-order valence-corrected chi connectivity index (χ2v) is 12.1. The molecule has 0 aromatic carbocycles. The Morgan fingerprint density at radius 1 is 0.205 bits per heavy atom. The molecule has 0 spiro atoms. The third-order valence-electron chi connectivity index (χ3n) is 8.89. The van der Waals surface area contributed by atoms with Gasteiger partial charge >= 0.3 is 0 Å². The second-order valence-electron chi connectivity index (χ2n) is 12.1. The van der Waals surface area contributed by atoms with Gasteiger partial charge in [0.1, 0.15) is 0 Å². The van der Waals surface area contributed by atoms with Gasteiger partial charge in [-0.1, -0.05) is 0 Å². The van der Waals surface area contributed by atoms with Gasteiger partial charge in [0.05, 0.1) is 0 Å². The molecule has 0 saturated carbocycles. The van der Waals surface area contributed by atoms with Gasteiger partial charge < -0.3 is 7.74 Å². The minimum Gasteiger partial charge on any atom is -0.687 e. The highest BCUT2D eigenvalue weighted by atomic mass is 13.4. The van der Waals surface area contributed by atoms with Gasteiger partial charge in [-0.15, -0.1) is 0 Å². The number of hydrogen-bond acceptors (Lipinski definition) is 0. The molecule has 0 amide bonds. The van der Waals surface area contributed by atoms with Gasteiger partial charge in [-0.2, -0.15) is 0 Å². The molecule has 0 aromatic rings. The Hall–Kier alpha value is 2.86. The number of hydrogen-bond donors (Lipinski definition) is 0. The minimum atomic E-state index is -1.27. The van der Waals surface area contributed by atoms with E-state index in [0.717, 1.165) is 0 Å². The summed E-state index contributed by atoms with van der Waals surface area (Å²) in [6.07, 6.45) is -25.3. The van der Waals surface area contributed by atoms with Crippen molar-refractivity contribution in [3.8, 4) is 0 Å². The van der Waals surface area contributed by atoms with E-state index in [1.165, 1.54) is 0 Å². The van der Waals surface area contributed by atoms with Gasteiger partial charge in [0.2, 0.25) is 0 Å². The van der Waals surface area contributed by atoms with E-state index in [1.807, 2.05) is 0 Å². The zero-order valence-corrected chi connectivity index (χ0v) is 25.4. The van der Waals surface area contributed by atoms with Crippen molar-refractivity contribution < 1.29 is 0 Å². The lowest BCUT2D eigenvalue weighted by atomic mass is 8.26. The standard InChI is InChI=1S/B44/c1-24(2)35(23)41(36(25(3)4)26(5)6)44(42(37(27(7)8)28(9)10)38(29(11)12)30(13)14)43(39(31(15)16)32(17)18)40(33(19)20)34(21)22/q-1. The zero-order valence-electron chi connectivity index (χ0n) is 25.4. The van der Waals surface area contributed by atoms with Crippen LogP contribution in [-0.4, -0.2) is 312 Å². The molecule has 0 fully saturated rings. The molecule has 0 N–H and O–H groups in total. The predicted octanol–water partition coefficient (Wildman–Crippen LogP) is -16.8. The minimum absolute atomic E-state index is 1.10. The van der Waals surface area contributed by atoms with Gasteiger partial charge in [-0.25, -0.2) is 6.39 Å². The SMILES string of the molecule is [B]B([B])B(B([B])[B])B(B([B])B([B])[B-])B(B(B(B([B])[B])B([B])[B])B(B([B])[B])B([B])[B])B(B(B([B])[B])B([B])[B])B(B([B])[B])B([B])[B]. The van der Waals surface area contributed by atoms with E-state index in [2.05, 4.69) is 0 Å². The maximum atomic E-state index is 6.75. The van der Waals surface area contributed by atoms with E-state index < -0.39 is 134 Å². The highest BCUT2D eigenvalue weighted by molar-refractivity contribution is 8.33. The first kappa shape index (κ1) is 46.9. The van der Waals surface area contributed by atoms with Crippen LogP contribution in [0, 0.1) is 0 Å². The smallest absolute Gasteiger partial charge is 0.0000000000000853 e. The first-order valence-corrected chi connectivity index (χ1v) is 14.3. The highest BCUT2D eigenvalue weighted by Crippen LogP contribution is 2.20. The van der Waals surface area contributed by atoms with Crippen molar-refractivity contribution in [2.75, 3.05) is 0 Å². The van der Waals surface area contributed by atoms with Crippen LogP contribution in [0.2, 0.25) is 0 Å². The van der Waals surface area contributed by atoms with Crippen molar-refractivity contribution in [3.63, 3.8) is 0 Å². The lowest BCUT2D eigenvalue weighted by molar-refractivity contribution is 3.20. The Morgan fingerprint density at radius 3 is 0.477 bits per heavy atom. The molecule has 0 aromatic heterocycles. The summed E-state index contributed by atoms with van der Waals surface area (Å²) in [5, 5.41) is 0. The predicted molar refractivity (Wildman–Crippen MR) is 253 cm³/mol. The van der Waals surface area contributed by atoms with Crippen molar-refractivity contribution in [1.29, 1.82) is 0 Å². The molecule has 0 saturated heterocycles. The second kappa shape index (κ2) is 21.3. The van der Waals surface area contributed by atoms with E-state index in [9.17, 15) is 0 Å². The van der Waals surface area contributed by atoms with E-state index in [-0.39, 0.29) is 0 Å². The molecule has 47 radical (unpaired) electrons. The molecule has 133 valence electrons. The average molecular weight is 476 g/mol. The Labute approximate surface area is 309 Å². The highest BCUT2D eigenvalue weighted by Gasteiger charge is 2.57. The molecule has 44 heteroatoms. The largest absolute Gasteiger partial charge is 0.687 e. The Bertz CT molecular complexity index is 607. The fourth-order valence-electron chi connectivity index (χ4n) is 7.18. The van der Waals surface area contributed by atoms with Crippen molar-refractivity contribution in [3.05, 3.63) is 0 Å². The quantitative estimate of drug-likeness (QED) is 0.154. The Balaban J connectivity index is 8.85. The lowest BCUT2D eigenvalue weighted by Crippen LogP contribution is -2.93. The summed E-state index contributed by atoms with van der Waals surface area (Å²) >= 11 is 0. The van der Waals surface area contributed by atoms with E-state index in [4.69, 9.17) is 178 Å². The third kappa shape index (κ3) is 12.6. The van der Waals surface area contributed by atoms with Gasteiger partial charge in [-0.3, -0.25) is 0 Å². The fourth-order valence-corrected chi connectivity index (χ4v) is 7.18. The van der Waals surface area contributed by atoms with Crippen molar-refractivity contribution in [2.24, 2.45) is 0 Å². The van der Waals surface area contributed by atoms with Gasteiger partial charge in [0, 0.05) is 0 Å². The normalized spacial score (nSPS) is 9.66. The Morgan fingerprint density at radius 2 is 0.341 bits per heavy atom. The molecule has 0 aliphatic carbocycles. The van der Waals surface area contributed by atoms with E-state index >= 15 is 0 Å². The topological polar surface area (TPSA) is 0 Å². The van der Waals surface area contributed by atoms with Crippen LogP contribution in [0.25, 0.3) is 0 Å². The van der Waals surface area contributed by atoms with Crippen LogP contribution in [-0.2, 0) is 0 Å². The molecule has 0 aliphatic rings. The summed E-state index contributed by atoms with van der Waals surface area (Å²) in [5.74, 6) is 0. The van der Waals surface area contributed by atoms with Gasteiger partial charge in [0.25, 0.3) is 0 Å². The molecule has 0 rings (SSSR count). The lowest BCUT2D eigenvalue weighted by Gasteiger charge is -2.56. The molecule has 0 nitrogen and oxygen atoms in total. The first-order valence-electron chi connectivity index (χ1n) is 14.3. The zero-order chi connectivity index (χ0) is 35.1. The maximum Gasteiger partial charge on any atom is -0.0000000000000853 e. The summed E-state index contributed by atoms with van der Waals surface area (Å²) in [6.45, 7) is 0. The summed E-state index contributed by atoms with van der Waals surface area (Å²) in [4.78, 5) is 0. The van der Waals surface area contributed by atoms with Crippen LogP contribution in [0.5, 0.6) is 0 Å². The molecule has 0 heterocycles. The van der Waals surface area contributed by atoms with Crippen LogP contribution in [0.4, 0.5) is 0 Å². The fraction of sp³-hybridized carbons (Fsp3) is 0. The van der Waals surface area contributed by atoms with E-state index in [0.29, 0.717) is 0 Å². The number of rotatable bonds is 20. The third-order valence-corrected chi connectivity index (χ3v) is 8.89. The summed E-state index contributed by atoms with van der Waals surface area (Å²) in [6, 6.07) is 0. The van der Waals surface area contributed by atoms with Crippen molar-refractivity contribution >= 4 is 312 Å². The van der Waals surface area contributed by atoms with Gasteiger partial charge in [-0.05, 0) is 298 Å². The van der Waals surface area contributed by atoms with Crippen molar-refractivity contribution in [2.45, 2.75) is 0 Å². The molecule has 0 bridgehead atoms. The molecule has 0 aliphatic heterocycles. The Kier molecular flexibility index (Phi) is 22.7. The molecule has 0 unspecified atom stereocenters. The maximum absolute atomic E-state index is 6.75.